The summed E-state index contributed by atoms with van der Waals surface area (Å²) >= 11 is 0. The van der Waals surface area contributed by atoms with Gasteiger partial charge in [0.1, 0.15) is 0 Å². The van der Waals surface area contributed by atoms with Crippen molar-refractivity contribution in [3.8, 4) is 0 Å². The first-order valence-corrected chi connectivity index (χ1v) is 18.3. The Hall–Kier alpha value is -1.22. The molecule has 2 spiro atoms. The first-order chi connectivity index (χ1) is 21.1. The summed E-state index contributed by atoms with van der Waals surface area (Å²) in [4.78, 5) is 26.3. The maximum atomic E-state index is 12.7. The van der Waals surface area contributed by atoms with Crippen molar-refractivity contribution in [2.45, 2.75) is 137 Å². The number of carbonyl (C=O) groups is 2. The average Bonchev–Trinajstić information content (AvgIpc) is 3.62. The van der Waals surface area contributed by atoms with Gasteiger partial charge in [0.25, 0.3) is 0 Å². The summed E-state index contributed by atoms with van der Waals surface area (Å²) in [6.07, 6.45) is 8.27. The van der Waals surface area contributed by atoms with Crippen LogP contribution in [0, 0.1) is 56.7 Å². The van der Waals surface area contributed by atoms with Crippen LogP contribution in [0.25, 0.3) is 0 Å². The van der Waals surface area contributed by atoms with E-state index in [1.807, 2.05) is 18.7 Å². The highest BCUT2D eigenvalue weighted by Crippen LogP contribution is 2.89. The van der Waals surface area contributed by atoms with Crippen LogP contribution in [-0.4, -0.2) is 78.8 Å². The fourth-order valence-corrected chi connectivity index (χ4v) is 13.5. The third kappa shape index (κ3) is 4.36. The number of hydrogen-bond donors (Lipinski definition) is 2. The van der Waals surface area contributed by atoms with Gasteiger partial charge < -0.3 is 29.5 Å². The van der Waals surface area contributed by atoms with Crippen molar-refractivity contribution in [2.75, 3.05) is 26.2 Å². The Kier molecular flexibility index (Phi) is 7.64. The Balaban J connectivity index is 1.10. The number of amides is 2. The Bertz CT molecular complexity index is 1210. The molecule has 5 saturated carbocycles. The van der Waals surface area contributed by atoms with Crippen LogP contribution in [0.15, 0.2) is 0 Å². The van der Waals surface area contributed by atoms with E-state index in [0.717, 1.165) is 25.7 Å². The van der Waals surface area contributed by atoms with Gasteiger partial charge >= 0.3 is 0 Å². The van der Waals surface area contributed by atoms with E-state index in [-0.39, 0.29) is 58.6 Å². The fraction of sp³-hybridized carbons (Fsp3) is 0.946. The van der Waals surface area contributed by atoms with E-state index in [0.29, 0.717) is 60.7 Å². The Labute approximate surface area is 271 Å². The molecule has 0 radical (unpaired) electrons. The molecule has 7 aliphatic rings. The molecule has 45 heavy (non-hydrogen) atoms. The van der Waals surface area contributed by atoms with E-state index in [4.69, 9.17) is 14.2 Å². The van der Waals surface area contributed by atoms with E-state index in [2.05, 4.69) is 39.9 Å². The van der Waals surface area contributed by atoms with Crippen molar-refractivity contribution < 1.29 is 28.9 Å². The second-order valence-electron chi connectivity index (χ2n) is 17.9. The molecule has 2 amide bonds. The number of rotatable bonds is 5. The number of morpholine rings is 1. The summed E-state index contributed by atoms with van der Waals surface area (Å²) in [7, 11) is 0. The Morgan fingerprint density at radius 1 is 1.04 bits per heavy atom. The molecule has 2 heterocycles. The number of fused-ring (bicyclic) bond motifs is 4. The minimum absolute atomic E-state index is 0.0128. The second kappa shape index (κ2) is 10.6. The van der Waals surface area contributed by atoms with Gasteiger partial charge in [0.15, 0.2) is 6.29 Å². The van der Waals surface area contributed by atoms with Gasteiger partial charge in [-0.1, -0.05) is 48.5 Å². The standard InChI is InChI=1S/C37H60N2O6/c1-21(2)32(42)39-15-16-43-28(19-39)45-27-11-12-36-20-37(36)14-13-34(7)29-22(3)17-24(18-38-23(4)40)44-30(29)31(41)35(34,8)26(37)10-9-25(36)33(27,5)6/h21-22,24-31,41H,9-20H2,1-8H3,(H,38,40)/t22-,24-,25+,26+,27+,28+,29+,30+,31+,34-,35-,36-,37+/m1/s1. The van der Waals surface area contributed by atoms with Crippen LogP contribution in [0.5, 0.6) is 0 Å². The molecule has 8 nitrogen and oxygen atoms in total. The van der Waals surface area contributed by atoms with Gasteiger partial charge in [0.05, 0.1) is 37.6 Å². The zero-order chi connectivity index (χ0) is 32.3. The highest BCUT2D eigenvalue weighted by atomic mass is 16.7. The van der Waals surface area contributed by atoms with Crippen LogP contribution in [-0.2, 0) is 23.8 Å². The number of aliphatic hydroxyl groups is 1. The predicted molar refractivity (Wildman–Crippen MR) is 171 cm³/mol. The van der Waals surface area contributed by atoms with Crippen molar-refractivity contribution >= 4 is 11.8 Å². The van der Waals surface area contributed by atoms with E-state index >= 15 is 0 Å². The first-order valence-electron chi connectivity index (χ1n) is 18.3. The molecule has 0 bridgehead atoms. The average molecular weight is 629 g/mol. The van der Waals surface area contributed by atoms with Gasteiger partial charge in [-0.3, -0.25) is 9.59 Å². The maximum absolute atomic E-state index is 12.7. The predicted octanol–water partition coefficient (Wildman–Crippen LogP) is 5.16. The summed E-state index contributed by atoms with van der Waals surface area (Å²) in [5, 5.41) is 15.3. The van der Waals surface area contributed by atoms with Crippen molar-refractivity contribution in [3.63, 3.8) is 0 Å². The lowest BCUT2D eigenvalue weighted by Crippen LogP contribution is -2.60. The number of ether oxygens (including phenoxy) is 3. The van der Waals surface area contributed by atoms with Gasteiger partial charge in [-0.2, -0.15) is 0 Å². The van der Waals surface area contributed by atoms with Crippen LogP contribution in [0.1, 0.15) is 107 Å². The highest BCUT2D eigenvalue weighted by Gasteiger charge is 2.84. The SMILES string of the molecule is CC(=O)NC[C@H]1C[C@@H](C)[C@H]2[C@H](O1)[C@H](O)[C@@]1(C)[C@@H]3CC[C@H]4C(C)(C)[C@@H](O[C@H]5CN(C(=O)C(C)C)CCO5)CC[C@@]45C[C@@]35CC[C@]21C. The Morgan fingerprint density at radius 2 is 1.76 bits per heavy atom. The van der Waals surface area contributed by atoms with E-state index in [1.54, 1.807) is 6.92 Å². The highest BCUT2D eigenvalue weighted by molar-refractivity contribution is 5.78. The molecule has 0 aromatic rings. The third-order valence-corrected chi connectivity index (χ3v) is 15.5. The molecular formula is C37H60N2O6. The van der Waals surface area contributed by atoms with Crippen LogP contribution in [0.3, 0.4) is 0 Å². The van der Waals surface area contributed by atoms with Crippen LogP contribution >= 0.6 is 0 Å². The molecule has 0 aromatic carbocycles. The minimum Gasteiger partial charge on any atom is -0.390 e. The lowest BCUT2D eigenvalue weighted by Gasteiger charge is -2.64. The summed E-state index contributed by atoms with van der Waals surface area (Å²) in [5.74, 6) is 2.01. The normalized spacial score (nSPS) is 51.3. The number of nitrogens with one attached hydrogen (secondary N) is 1. The van der Waals surface area contributed by atoms with E-state index in [9.17, 15) is 14.7 Å². The van der Waals surface area contributed by atoms with Crippen molar-refractivity contribution in [1.82, 2.24) is 10.2 Å². The molecule has 7 fully saturated rings. The molecule has 0 aromatic heterocycles. The zero-order valence-corrected chi connectivity index (χ0v) is 29.2. The van der Waals surface area contributed by atoms with Crippen molar-refractivity contribution in [2.24, 2.45) is 56.7 Å². The zero-order valence-electron chi connectivity index (χ0n) is 29.2. The monoisotopic (exact) mass is 628 g/mol. The molecule has 7 rings (SSSR count). The van der Waals surface area contributed by atoms with E-state index < -0.39 is 6.10 Å². The molecule has 13 atom stereocenters. The number of aliphatic hydroxyl groups excluding tert-OH is 1. The lowest BCUT2D eigenvalue weighted by molar-refractivity contribution is -0.248. The molecule has 5 aliphatic carbocycles. The van der Waals surface area contributed by atoms with Gasteiger partial charge in [-0.25, -0.2) is 0 Å². The summed E-state index contributed by atoms with van der Waals surface area (Å²) in [6, 6.07) is 0. The summed E-state index contributed by atoms with van der Waals surface area (Å²) in [6.45, 7) is 19.9. The minimum atomic E-state index is -0.487. The maximum Gasteiger partial charge on any atom is 0.225 e. The molecule has 0 unspecified atom stereocenters. The van der Waals surface area contributed by atoms with Crippen molar-refractivity contribution in [3.05, 3.63) is 0 Å². The second-order valence-corrected chi connectivity index (χ2v) is 17.9. The third-order valence-electron chi connectivity index (χ3n) is 15.5. The lowest BCUT2D eigenvalue weighted by atomic mass is 9.41. The molecule has 2 aliphatic heterocycles. The summed E-state index contributed by atoms with van der Waals surface area (Å²) < 4.78 is 19.6. The number of nitrogens with zero attached hydrogens (tertiary/aromatic N) is 1. The fourth-order valence-electron chi connectivity index (χ4n) is 13.5. The quantitative estimate of drug-likeness (QED) is 0.437. The molecule has 254 valence electrons. The van der Waals surface area contributed by atoms with E-state index in [1.165, 1.54) is 25.7 Å². The topological polar surface area (TPSA) is 97.3 Å². The molecule has 2 N–H and O–H groups in total. The van der Waals surface area contributed by atoms with Gasteiger partial charge in [-0.15, -0.1) is 0 Å². The molecule has 8 heteroatoms. The van der Waals surface area contributed by atoms with Gasteiger partial charge in [-0.05, 0) is 96.7 Å². The van der Waals surface area contributed by atoms with Crippen LogP contribution in [0.4, 0.5) is 0 Å². The molecular weight excluding hydrogens is 568 g/mol. The Morgan fingerprint density at radius 3 is 2.47 bits per heavy atom. The largest absolute Gasteiger partial charge is 0.390 e. The van der Waals surface area contributed by atoms with Gasteiger partial charge in [0, 0.05) is 31.3 Å². The van der Waals surface area contributed by atoms with Gasteiger partial charge in [0.2, 0.25) is 11.8 Å². The van der Waals surface area contributed by atoms with Crippen LogP contribution in [0.2, 0.25) is 0 Å². The number of hydrogen-bond acceptors (Lipinski definition) is 6. The number of carbonyl (C=O) groups excluding carboxylic acids is 2. The smallest absolute Gasteiger partial charge is 0.225 e. The molecule has 2 saturated heterocycles. The summed E-state index contributed by atoms with van der Waals surface area (Å²) in [5.41, 5.74) is 0.479. The van der Waals surface area contributed by atoms with Crippen LogP contribution < -0.4 is 5.32 Å². The van der Waals surface area contributed by atoms with Crippen molar-refractivity contribution in [1.29, 1.82) is 0 Å². The first kappa shape index (κ1) is 32.3.